The number of carbonyl (C=O) groups is 3. The molecule has 0 unspecified atom stereocenters. The number of hydrogen-bond acceptors (Lipinski definition) is 4. The summed E-state index contributed by atoms with van der Waals surface area (Å²) in [6.07, 6.45) is -0.219. The van der Waals surface area contributed by atoms with Crippen LogP contribution in [-0.4, -0.2) is 23.8 Å². The van der Waals surface area contributed by atoms with Crippen molar-refractivity contribution >= 4 is 62.5 Å². The largest absolute Gasteiger partial charge is 0.490 e. The van der Waals surface area contributed by atoms with E-state index >= 15 is 0 Å². The lowest BCUT2D eigenvalue weighted by Gasteiger charge is -2.13. The van der Waals surface area contributed by atoms with E-state index in [-0.39, 0.29) is 18.9 Å². The van der Waals surface area contributed by atoms with Gasteiger partial charge in [-0.25, -0.2) is 0 Å². The van der Waals surface area contributed by atoms with Crippen LogP contribution in [0.3, 0.4) is 0 Å². The van der Waals surface area contributed by atoms with E-state index in [2.05, 4.69) is 32.1 Å². The van der Waals surface area contributed by atoms with Crippen LogP contribution >= 0.6 is 39.1 Å². The van der Waals surface area contributed by atoms with E-state index in [0.717, 1.165) is 0 Å². The van der Waals surface area contributed by atoms with Crippen molar-refractivity contribution in [2.75, 3.05) is 5.32 Å². The molecule has 3 N–H and O–H groups in total. The average Bonchev–Trinajstić information content (AvgIpc) is 2.68. The monoisotopic (exact) mass is 515 g/mol. The van der Waals surface area contributed by atoms with Crippen LogP contribution in [0.1, 0.15) is 37.0 Å². The molecule has 3 amide bonds. The molecule has 0 aliphatic rings. The van der Waals surface area contributed by atoms with Crippen LogP contribution in [0.25, 0.3) is 0 Å². The van der Waals surface area contributed by atoms with E-state index in [4.69, 9.17) is 27.9 Å². The highest BCUT2D eigenvalue weighted by Gasteiger charge is 2.13. The lowest BCUT2D eigenvalue weighted by molar-refractivity contribution is -0.124. The van der Waals surface area contributed by atoms with Crippen molar-refractivity contribution in [1.82, 2.24) is 10.9 Å². The first-order valence-electron chi connectivity index (χ1n) is 8.96. The molecular weight excluding hydrogens is 497 g/mol. The number of benzene rings is 2. The third-order valence-corrected chi connectivity index (χ3v) is 4.82. The first-order valence-corrected chi connectivity index (χ1v) is 10.5. The number of halogens is 3. The van der Waals surface area contributed by atoms with Crippen molar-refractivity contribution in [3.8, 4) is 5.75 Å². The molecule has 160 valence electrons. The summed E-state index contributed by atoms with van der Waals surface area (Å²) in [7, 11) is 0. The molecular formula is C20H20BrCl2N3O4. The summed E-state index contributed by atoms with van der Waals surface area (Å²) in [5.41, 5.74) is 5.31. The normalized spacial score (nSPS) is 10.5. The Balaban J connectivity index is 1.79. The summed E-state index contributed by atoms with van der Waals surface area (Å²) in [5, 5.41) is 3.34. The Morgan fingerprint density at radius 3 is 2.33 bits per heavy atom. The van der Waals surface area contributed by atoms with Crippen molar-refractivity contribution in [2.24, 2.45) is 0 Å². The van der Waals surface area contributed by atoms with Crippen LogP contribution < -0.4 is 20.9 Å². The van der Waals surface area contributed by atoms with Gasteiger partial charge in [-0.15, -0.1) is 0 Å². The molecule has 0 bridgehead atoms. The van der Waals surface area contributed by atoms with Gasteiger partial charge in [0.15, 0.2) is 0 Å². The quantitative estimate of drug-likeness (QED) is 0.464. The standard InChI is InChI=1S/C20H20BrCl2N3O4/c1-11(2)30-17-6-3-12(9-14(17)21)20(29)26-25-19(28)8-7-18(27)24-16-5-4-13(22)10-15(16)23/h3-6,9-11H,7-8H2,1-2H3,(H,24,27)(H,25,28)(H,26,29). The number of nitrogens with one attached hydrogen (secondary N) is 3. The molecule has 0 saturated carbocycles. The molecule has 30 heavy (non-hydrogen) atoms. The van der Waals surface area contributed by atoms with E-state index < -0.39 is 17.7 Å². The molecule has 2 rings (SSSR count). The van der Waals surface area contributed by atoms with Gasteiger partial charge in [-0.2, -0.15) is 0 Å². The van der Waals surface area contributed by atoms with Gasteiger partial charge >= 0.3 is 0 Å². The maximum Gasteiger partial charge on any atom is 0.269 e. The fourth-order valence-corrected chi connectivity index (χ4v) is 3.21. The number of ether oxygens (including phenoxy) is 1. The molecule has 0 aliphatic carbocycles. The molecule has 10 heteroatoms. The van der Waals surface area contributed by atoms with Gasteiger partial charge in [0, 0.05) is 23.4 Å². The maximum absolute atomic E-state index is 12.2. The second-order valence-corrected chi connectivity index (χ2v) is 8.18. The highest BCUT2D eigenvalue weighted by atomic mass is 79.9. The van der Waals surface area contributed by atoms with Crippen molar-refractivity contribution in [1.29, 1.82) is 0 Å². The minimum atomic E-state index is -0.514. The van der Waals surface area contributed by atoms with E-state index in [0.29, 0.717) is 31.5 Å². The predicted octanol–water partition coefficient (Wildman–Crippen LogP) is 4.72. The smallest absolute Gasteiger partial charge is 0.269 e. The molecule has 0 atom stereocenters. The fraction of sp³-hybridized carbons (Fsp3) is 0.250. The molecule has 2 aromatic rings. The van der Waals surface area contributed by atoms with Crippen molar-refractivity contribution in [3.63, 3.8) is 0 Å². The maximum atomic E-state index is 12.2. The first-order chi connectivity index (χ1) is 14.2. The molecule has 2 aromatic carbocycles. The second kappa shape index (κ2) is 11.2. The Bertz CT molecular complexity index is 954. The summed E-state index contributed by atoms with van der Waals surface area (Å²) < 4.78 is 6.21. The zero-order valence-electron chi connectivity index (χ0n) is 16.2. The third kappa shape index (κ3) is 7.51. The fourth-order valence-electron chi connectivity index (χ4n) is 2.28. The van der Waals surface area contributed by atoms with Crippen LogP contribution in [0.15, 0.2) is 40.9 Å². The third-order valence-electron chi connectivity index (χ3n) is 3.66. The number of carbonyl (C=O) groups excluding carboxylic acids is 3. The zero-order chi connectivity index (χ0) is 22.3. The zero-order valence-corrected chi connectivity index (χ0v) is 19.3. The lowest BCUT2D eigenvalue weighted by atomic mass is 10.2. The SMILES string of the molecule is CC(C)Oc1ccc(C(=O)NNC(=O)CCC(=O)Nc2ccc(Cl)cc2Cl)cc1Br. The van der Waals surface area contributed by atoms with Crippen LogP contribution in [0.5, 0.6) is 5.75 Å². The summed E-state index contributed by atoms with van der Waals surface area (Å²) in [4.78, 5) is 36.1. The topological polar surface area (TPSA) is 96.5 Å². The van der Waals surface area contributed by atoms with Crippen molar-refractivity contribution in [2.45, 2.75) is 32.8 Å². The summed E-state index contributed by atoms with van der Waals surface area (Å²) in [6, 6.07) is 9.48. The molecule has 0 saturated heterocycles. The summed E-state index contributed by atoms with van der Waals surface area (Å²) in [6.45, 7) is 3.79. The number of rotatable bonds is 7. The van der Waals surface area contributed by atoms with Gasteiger partial charge in [0.1, 0.15) is 5.75 Å². The van der Waals surface area contributed by atoms with Gasteiger partial charge in [0.2, 0.25) is 11.8 Å². The lowest BCUT2D eigenvalue weighted by Crippen LogP contribution is -2.41. The Kier molecular flexibility index (Phi) is 8.95. The van der Waals surface area contributed by atoms with Gasteiger partial charge < -0.3 is 10.1 Å². The van der Waals surface area contributed by atoms with Crippen LogP contribution in [0.4, 0.5) is 5.69 Å². The minimum absolute atomic E-state index is 0.00631. The Morgan fingerprint density at radius 1 is 1.00 bits per heavy atom. The second-order valence-electron chi connectivity index (χ2n) is 6.49. The molecule has 0 aromatic heterocycles. The number of anilines is 1. The van der Waals surface area contributed by atoms with Gasteiger partial charge in [-0.05, 0) is 66.2 Å². The number of hydrogen-bond donors (Lipinski definition) is 3. The Hall–Kier alpha value is -2.29. The highest BCUT2D eigenvalue weighted by molar-refractivity contribution is 9.10. The summed E-state index contributed by atoms with van der Waals surface area (Å²) >= 11 is 15.1. The molecule has 0 spiro atoms. The molecule has 0 fully saturated rings. The Morgan fingerprint density at radius 2 is 1.70 bits per heavy atom. The van der Waals surface area contributed by atoms with Crippen LogP contribution in [0, 0.1) is 0 Å². The number of hydrazine groups is 1. The van der Waals surface area contributed by atoms with E-state index in [9.17, 15) is 14.4 Å². The van der Waals surface area contributed by atoms with Gasteiger partial charge in [-0.1, -0.05) is 23.2 Å². The molecule has 0 aliphatic heterocycles. The van der Waals surface area contributed by atoms with Crippen LogP contribution in [0.2, 0.25) is 10.0 Å². The minimum Gasteiger partial charge on any atom is -0.490 e. The first kappa shape index (κ1) is 24.0. The van der Waals surface area contributed by atoms with E-state index in [1.807, 2.05) is 13.8 Å². The highest BCUT2D eigenvalue weighted by Crippen LogP contribution is 2.27. The van der Waals surface area contributed by atoms with Gasteiger partial charge in [-0.3, -0.25) is 25.2 Å². The van der Waals surface area contributed by atoms with Gasteiger partial charge in [0.05, 0.1) is 21.3 Å². The van der Waals surface area contributed by atoms with Crippen molar-refractivity contribution in [3.05, 3.63) is 56.5 Å². The summed E-state index contributed by atoms with van der Waals surface area (Å²) in [5.74, 6) is -0.806. The van der Waals surface area contributed by atoms with E-state index in [1.165, 1.54) is 6.07 Å². The molecule has 0 radical (unpaired) electrons. The average molecular weight is 517 g/mol. The molecule has 0 heterocycles. The van der Waals surface area contributed by atoms with Crippen molar-refractivity contribution < 1.29 is 19.1 Å². The van der Waals surface area contributed by atoms with E-state index in [1.54, 1.807) is 30.3 Å². The van der Waals surface area contributed by atoms with Gasteiger partial charge in [0.25, 0.3) is 5.91 Å². The van der Waals surface area contributed by atoms with Crippen LogP contribution in [-0.2, 0) is 9.59 Å². The predicted molar refractivity (Wildman–Crippen MR) is 120 cm³/mol. The molecule has 7 nitrogen and oxygen atoms in total. The number of amides is 3. The Labute approximate surface area is 192 Å².